The Morgan fingerprint density at radius 1 is 1.50 bits per heavy atom. The van der Waals surface area contributed by atoms with Gasteiger partial charge in [0.1, 0.15) is 16.7 Å². The van der Waals surface area contributed by atoms with Crippen LogP contribution in [-0.2, 0) is 4.74 Å². The molecule has 1 aromatic heterocycles. The average Bonchev–Trinajstić information content (AvgIpc) is 2.12. The predicted molar refractivity (Wildman–Crippen MR) is 59.3 cm³/mol. The topological polar surface area (TPSA) is 47.0 Å². The quantitative estimate of drug-likeness (QED) is 0.650. The molecule has 4 nitrogen and oxygen atoms in total. The van der Waals surface area contributed by atoms with Crippen LogP contribution in [0.15, 0.2) is 17.0 Å². The van der Waals surface area contributed by atoms with Crippen LogP contribution in [0.3, 0.4) is 0 Å². The summed E-state index contributed by atoms with van der Waals surface area (Å²) in [5.41, 5.74) is 0. The second kappa shape index (κ2) is 5.93. The molecule has 0 spiro atoms. The van der Waals surface area contributed by atoms with Crippen molar-refractivity contribution in [1.82, 2.24) is 9.97 Å². The van der Waals surface area contributed by atoms with Gasteiger partial charge in [-0.25, -0.2) is 9.97 Å². The van der Waals surface area contributed by atoms with Gasteiger partial charge in [-0.15, -0.1) is 0 Å². The van der Waals surface area contributed by atoms with Crippen molar-refractivity contribution >= 4 is 21.7 Å². The van der Waals surface area contributed by atoms with Crippen molar-refractivity contribution in [3.8, 4) is 0 Å². The van der Waals surface area contributed by atoms with Crippen LogP contribution in [0.2, 0.25) is 0 Å². The molecule has 0 atom stereocenters. The van der Waals surface area contributed by atoms with Crippen LogP contribution in [-0.4, -0.2) is 29.2 Å². The fourth-order valence-corrected chi connectivity index (χ4v) is 1.21. The summed E-state index contributed by atoms with van der Waals surface area (Å²) in [4.78, 5) is 7.98. The summed E-state index contributed by atoms with van der Waals surface area (Å²) in [6.45, 7) is 5.46. The summed E-state index contributed by atoms with van der Waals surface area (Å²) in [5, 5.41) is 3.13. The summed E-state index contributed by atoms with van der Waals surface area (Å²) in [6.07, 6.45) is 1.78. The third kappa shape index (κ3) is 4.53. The maximum atomic E-state index is 5.38. The van der Waals surface area contributed by atoms with Crippen LogP contribution >= 0.6 is 15.9 Å². The van der Waals surface area contributed by atoms with Gasteiger partial charge in [-0.1, -0.05) is 0 Å². The lowest BCUT2D eigenvalue weighted by Gasteiger charge is -2.08. The summed E-state index contributed by atoms with van der Waals surface area (Å²) in [6, 6.07) is 1.83. The standard InChI is InChI=1S/C9H14BrN3O/c1-7(2)14-4-3-11-9-5-8(10)12-6-13-9/h5-7H,3-4H2,1-2H3,(H,11,12,13). The molecular weight excluding hydrogens is 246 g/mol. The lowest BCUT2D eigenvalue weighted by Crippen LogP contribution is -2.13. The largest absolute Gasteiger partial charge is 0.377 e. The molecule has 0 aliphatic heterocycles. The van der Waals surface area contributed by atoms with Crippen molar-refractivity contribution in [1.29, 1.82) is 0 Å². The van der Waals surface area contributed by atoms with Gasteiger partial charge in [-0.05, 0) is 29.8 Å². The molecule has 0 aliphatic rings. The van der Waals surface area contributed by atoms with Crippen molar-refractivity contribution in [2.24, 2.45) is 0 Å². The molecule has 1 heterocycles. The van der Waals surface area contributed by atoms with Crippen LogP contribution in [0.1, 0.15) is 13.8 Å². The van der Waals surface area contributed by atoms with Gasteiger partial charge in [0.15, 0.2) is 0 Å². The molecule has 0 bridgehead atoms. The third-order valence-corrected chi connectivity index (χ3v) is 1.93. The lowest BCUT2D eigenvalue weighted by atomic mass is 10.5. The van der Waals surface area contributed by atoms with Gasteiger partial charge < -0.3 is 10.1 Å². The van der Waals surface area contributed by atoms with Crippen molar-refractivity contribution in [2.75, 3.05) is 18.5 Å². The monoisotopic (exact) mass is 259 g/mol. The Hall–Kier alpha value is -0.680. The average molecular weight is 260 g/mol. The van der Waals surface area contributed by atoms with Gasteiger partial charge >= 0.3 is 0 Å². The Bertz CT molecular complexity index is 281. The van der Waals surface area contributed by atoms with E-state index in [-0.39, 0.29) is 6.10 Å². The Morgan fingerprint density at radius 2 is 2.29 bits per heavy atom. The zero-order chi connectivity index (χ0) is 10.4. The summed E-state index contributed by atoms with van der Waals surface area (Å²) >= 11 is 3.27. The van der Waals surface area contributed by atoms with Crippen LogP contribution in [0, 0.1) is 0 Å². The van der Waals surface area contributed by atoms with Crippen LogP contribution in [0.5, 0.6) is 0 Å². The molecule has 0 aliphatic carbocycles. The van der Waals surface area contributed by atoms with E-state index in [4.69, 9.17) is 4.74 Å². The zero-order valence-electron chi connectivity index (χ0n) is 8.33. The smallest absolute Gasteiger partial charge is 0.130 e. The lowest BCUT2D eigenvalue weighted by molar-refractivity contribution is 0.0870. The Morgan fingerprint density at radius 3 is 2.93 bits per heavy atom. The maximum absolute atomic E-state index is 5.38. The molecule has 0 unspecified atom stereocenters. The highest BCUT2D eigenvalue weighted by atomic mass is 79.9. The first-order chi connectivity index (χ1) is 6.68. The van der Waals surface area contributed by atoms with Crippen molar-refractivity contribution in [3.63, 3.8) is 0 Å². The minimum atomic E-state index is 0.272. The summed E-state index contributed by atoms with van der Waals surface area (Å²) < 4.78 is 6.15. The number of rotatable bonds is 5. The molecule has 1 N–H and O–H groups in total. The van der Waals surface area contributed by atoms with E-state index in [2.05, 4.69) is 31.2 Å². The van der Waals surface area contributed by atoms with Gasteiger partial charge in [-0.2, -0.15) is 0 Å². The number of aromatic nitrogens is 2. The molecule has 0 saturated carbocycles. The molecule has 1 aromatic rings. The van der Waals surface area contributed by atoms with Crippen molar-refractivity contribution in [3.05, 3.63) is 17.0 Å². The predicted octanol–water partition coefficient (Wildman–Crippen LogP) is 2.08. The van der Waals surface area contributed by atoms with Crippen LogP contribution < -0.4 is 5.32 Å². The number of nitrogens with zero attached hydrogens (tertiary/aromatic N) is 2. The van der Waals surface area contributed by atoms with Gasteiger partial charge in [0.25, 0.3) is 0 Å². The van der Waals surface area contributed by atoms with E-state index in [1.165, 1.54) is 6.33 Å². The fourth-order valence-electron chi connectivity index (χ4n) is 0.904. The number of hydrogen-bond acceptors (Lipinski definition) is 4. The molecule has 1 rings (SSSR count). The molecule has 0 aromatic carbocycles. The highest BCUT2D eigenvalue weighted by molar-refractivity contribution is 9.10. The van der Waals surface area contributed by atoms with E-state index in [1.807, 2.05) is 19.9 Å². The van der Waals surface area contributed by atoms with E-state index in [0.717, 1.165) is 17.0 Å². The molecule has 5 heteroatoms. The minimum Gasteiger partial charge on any atom is -0.377 e. The molecule has 0 fully saturated rings. The van der Waals surface area contributed by atoms with E-state index in [0.29, 0.717) is 6.61 Å². The first-order valence-corrected chi connectivity index (χ1v) is 5.31. The van der Waals surface area contributed by atoms with E-state index < -0.39 is 0 Å². The first-order valence-electron chi connectivity index (χ1n) is 4.51. The Labute approximate surface area is 92.2 Å². The van der Waals surface area contributed by atoms with Gasteiger partial charge in [-0.3, -0.25) is 0 Å². The van der Waals surface area contributed by atoms with E-state index in [9.17, 15) is 0 Å². The highest BCUT2D eigenvalue weighted by Crippen LogP contribution is 2.08. The molecule has 0 saturated heterocycles. The third-order valence-electron chi connectivity index (χ3n) is 1.49. The van der Waals surface area contributed by atoms with Crippen LogP contribution in [0.4, 0.5) is 5.82 Å². The molecule has 14 heavy (non-hydrogen) atoms. The van der Waals surface area contributed by atoms with Gasteiger partial charge in [0.2, 0.25) is 0 Å². The van der Waals surface area contributed by atoms with Crippen LogP contribution in [0.25, 0.3) is 0 Å². The number of hydrogen-bond donors (Lipinski definition) is 1. The molecule has 0 amide bonds. The number of halogens is 1. The number of nitrogens with one attached hydrogen (secondary N) is 1. The Kier molecular flexibility index (Phi) is 4.82. The highest BCUT2D eigenvalue weighted by Gasteiger charge is 1.96. The number of anilines is 1. The zero-order valence-corrected chi connectivity index (χ0v) is 9.91. The van der Waals surface area contributed by atoms with Gasteiger partial charge in [0.05, 0.1) is 12.7 Å². The minimum absolute atomic E-state index is 0.272. The van der Waals surface area contributed by atoms with E-state index >= 15 is 0 Å². The Balaban J connectivity index is 2.25. The number of ether oxygens (including phenoxy) is 1. The second-order valence-corrected chi connectivity index (χ2v) is 3.88. The fraction of sp³-hybridized carbons (Fsp3) is 0.556. The second-order valence-electron chi connectivity index (χ2n) is 3.07. The van der Waals surface area contributed by atoms with E-state index in [1.54, 1.807) is 0 Å². The first kappa shape index (κ1) is 11.4. The molecular formula is C9H14BrN3O. The normalized spacial score (nSPS) is 10.6. The maximum Gasteiger partial charge on any atom is 0.130 e. The van der Waals surface area contributed by atoms with Crippen molar-refractivity contribution in [2.45, 2.75) is 20.0 Å². The molecule has 78 valence electrons. The van der Waals surface area contributed by atoms with Gasteiger partial charge in [0, 0.05) is 12.6 Å². The summed E-state index contributed by atoms with van der Waals surface area (Å²) in [7, 11) is 0. The SMILES string of the molecule is CC(C)OCCNc1cc(Br)ncn1. The molecule has 0 radical (unpaired) electrons. The summed E-state index contributed by atoms with van der Waals surface area (Å²) in [5.74, 6) is 0.805. The van der Waals surface area contributed by atoms with Crippen molar-refractivity contribution < 1.29 is 4.74 Å².